The van der Waals surface area contributed by atoms with Crippen molar-refractivity contribution < 1.29 is 18.0 Å². The molecular formula is C38H45N3O4S. The second-order valence-corrected chi connectivity index (χ2v) is 14.0. The van der Waals surface area contributed by atoms with Gasteiger partial charge in [-0.05, 0) is 75.9 Å². The zero-order chi connectivity index (χ0) is 33.4. The summed E-state index contributed by atoms with van der Waals surface area (Å²) in [5.74, 6) is -0.755. The Morgan fingerprint density at radius 1 is 0.761 bits per heavy atom. The Bertz CT molecular complexity index is 1740. The Kier molecular flexibility index (Phi) is 11.4. The van der Waals surface area contributed by atoms with Gasteiger partial charge in [-0.3, -0.25) is 13.9 Å². The zero-order valence-electron chi connectivity index (χ0n) is 27.7. The van der Waals surface area contributed by atoms with E-state index in [1.807, 2.05) is 108 Å². The maximum atomic E-state index is 14.6. The number of rotatable bonds is 13. The molecule has 0 fully saturated rings. The van der Waals surface area contributed by atoms with E-state index in [9.17, 15) is 18.0 Å². The Labute approximate surface area is 274 Å². The largest absolute Gasteiger partial charge is 0.352 e. The van der Waals surface area contributed by atoms with Crippen molar-refractivity contribution in [1.29, 1.82) is 0 Å². The average Bonchev–Trinajstić information content (AvgIpc) is 3.03. The summed E-state index contributed by atoms with van der Waals surface area (Å²) in [5.41, 5.74) is 5.85. The van der Waals surface area contributed by atoms with Crippen molar-refractivity contribution in [3.63, 3.8) is 0 Å². The standard InChI is InChI=1S/C38H45N3O4S/c1-7-31(6)39-38(43)36(24-32-11-9-8-10-12-32)40(25-33-18-13-27(2)14-19-33)37(42)26-41(35-22-17-29(4)23-30(35)5)46(44,45)34-20-15-28(3)16-21-34/h8-23,31,36H,7,24-26H2,1-6H3,(H,39,43)/t31-,36-/m1/s1. The second kappa shape index (κ2) is 15.2. The normalized spacial score (nSPS) is 12.7. The molecule has 0 heterocycles. The SMILES string of the molecule is CC[C@@H](C)NC(=O)[C@@H](Cc1ccccc1)N(Cc1ccc(C)cc1)C(=O)CN(c1ccc(C)cc1C)S(=O)(=O)c1ccc(C)cc1. The fraction of sp³-hybridized carbons (Fsp3) is 0.316. The van der Waals surface area contributed by atoms with Crippen molar-refractivity contribution >= 4 is 27.5 Å². The first-order valence-electron chi connectivity index (χ1n) is 15.7. The lowest BCUT2D eigenvalue weighted by Crippen LogP contribution is -2.54. The Hall–Kier alpha value is -4.43. The van der Waals surface area contributed by atoms with E-state index in [1.165, 1.54) is 9.21 Å². The minimum absolute atomic E-state index is 0.0892. The van der Waals surface area contributed by atoms with Gasteiger partial charge in [0.1, 0.15) is 12.6 Å². The topological polar surface area (TPSA) is 86.8 Å². The average molecular weight is 640 g/mol. The minimum atomic E-state index is -4.16. The van der Waals surface area contributed by atoms with Gasteiger partial charge in [0.15, 0.2) is 0 Å². The van der Waals surface area contributed by atoms with Crippen LogP contribution in [0.15, 0.2) is 102 Å². The van der Waals surface area contributed by atoms with Crippen molar-refractivity contribution in [2.45, 2.75) is 77.9 Å². The van der Waals surface area contributed by atoms with Gasteiger partial charge in [-0.15, -0.1) is 0 Å². The van der Waals surface area contributed by atoms with Gasteiger partial charge in [-0.1, -0.05) is 102 Å². The van der Waals surface area contributed by atoms with Gasteiger partial charge < -0.3 is 10.2 Å². The molecule has 0 saturated heterocycles. The van der Waals surface area contributed by atoms with Gasteiger partial charge in [0.25, 0.3) is 10.0 Å². The number of carbonyl (C=O) groups excluding carboxylic acids is 2. The van der Waals surface area contributed by atoms with E-state index in [2.05, 4.69) is 5.32 Å². The van der Waals surface area contributed by atoms with Crippen molar-refractivity contribution in [2.75, 3.05) is 10.8 Å². The number of amides is 2. The smallest absolute Gasteiger partial charge is 0.264 e. The molecule has 8 heteroatoms. The lowest BCUT2D eigenvalue weighted by Gasteiger charge is -2.34. The predicted octanol–water partition coefficient (Wildman–Crippen LogP) is 6.67. The van der Waals surface area contributed by atoms with Gasteiger partial charge in [0, 0.05) is 19.0 Å². The van der Waals surface area contributed by atoms with E-state index in [0.29, 0.717) is 5.69 Å². The first-order valence-corrected chi connectivity index (χ1v) is 17.2. The summed E-state index contributed by atoms with van der Waals surface area (Å²) < 4.78 is 29.8. The van der Waals surface area contributed by atoms with E-state index in [-0.39, 0.29) is 29.8 Å². The summed E-state index contributed by atoms with van der Waals surface area (Å²) in [4.78, 5) is 30.2. The third-order valence-corrected chi connectivity index (χ3v) is 10.0. The Balaban J connectivity index is 1.83. The summed E-state index contributed by atoms with van der Waals surface area (Å²) in [5, 5.41) is 3.08. The van der Waals surface area contributed by atoms with Crippen LogP contribution in [0.3, 0.4) is 0 Å². The van der Waals surface area contributed by atoms with Crippen LogP contribution in [0.1, 0.15) is 53.6 Å². The number of carbonyl (C=O) groups is 2. The van der Waals surface area contributed by atoms with Crippen LogP contribution < -0.4 is 9.62 Å². The predicted molar refractivity (Wildman–Crippen MR) is 185 cm³/mol. The molecule has 0 radical (unpaired) electrons. The Morgan fingerprint density at radius 3 is 1.93 bits per heavy atom. The molecule has 46 heavy (non-hydrogen) atoms. The molecule has 242 valence electrons. The highest BCUT2D eigenvalue weighted by Gasteiger charge is 2.35. The molecule has 0 saturated carbocycles. The molecule has 0 bridgehead atoms. The third-order valence-electron chi connectivity index (χ3n) is 8.25. The quantitative estimate of drug-likeness (QED) is 0.177. The number of benzene rings is 4. The highest BCUT2D eigenvalue weighted by Crippen LogP contribution is 2.29. The van der Waals surface area contributed by atoms with E-state index >= 15 is 0 Å². The molecule has 1 N–H and O–H groups in total. The lowest BCUT2D eigenvalue weighted by molar-refractivity contribution is -0.140. The molecule has 4 aromatic carbocycles. The van der Waals surface area contributed by atoms with Crippen LogP contribution in [0.4, 0.5) is 5.69 Å². The summed E-state index contributed by atoms with van der Waals surface area (Å²) in [7, 11) is -4.16. The van der Waals surface area contributed by atoms with Crippen LogP contribution in [0.5, 0.6) is 0 Å². The van der Waals surface area contributed by atoms with Crippen molar-refractivity contribution in [3.8, 4) is 0 Å². The molecule has 2 amide bonds. The highest BCUT2D eigenvalue weighted by atomic mass is 32.2. The molecule has 0 aliphatic carbocycles. The molecule has 0 spiro atoms. The van der Waals surface area contributed by atoms with Crippen LogP contribution in [-0.4, -0.2) is 43.8 Å². The fourth-order valence-corrected chi connectivity index (χ4v) is 6.80. The van der Waals surface area contributed by atoms with Crippen LogP contribution >= 0.6 is 0 Å². The molecule has 0 aliphatic heterocycles. The van der Waals surface area contributed by atoms with Crippen LogP contribution in [0.25, 0.3) is 0 Å². The van der Waals surface area contributed by atoms with Crippen LogP contribution in [0.2, 0.25) is 0 Å². The number of nitrogens with one attached hydrogen (secondary N) is 1. The number of sulfonamides is 1. The first-order chi connectivity index (χ1) is 21.9. The number of hydrogen-bond acceptors (Lipinski definition) is 4. The number of hydrogen-bond donors (Lipinski definition) is 1. The van der Waals surface area contributed by atoms with E-state index in [1.54, 1.807) is 30.3 Å². The monoisotopic (exact) mass is 639 g/mol. The van der Waals surface area contributed by atoms with E-state index in [0.717, 1.165) is 39.8 Å². The maximum Gasteiger partial charge on any atom is 0.264 e. The van der Waals surface area contributed by atoms with Gasteiger partial charge in [0.05, 0.1) is 10.6 Å². The minimum Gasteiger partial charge on any atom is -0.352 e. The van der Waals surface area contributed by atoms with Crippen molar-refractivity contribution in [1.82, 2.24) is 10.2 Å². The molecule has 0 unspecified atom stereocenters. The molecule has 4 rings (SSSR count). The van der Waals surface area contributed by atoms with E-state index < -0.39 is 28.5 Å². The number of anilines is 1. The summed E-state index contributed by atoms with van der Waals surface area (Å²) >= 11 is 0. The molecular weight excluding hydrogens is 595 g/mol. The van der Waals surface area contributed by atoms with Crippen molar-refractivity contribution in [3.05, 3.63) is 130 Å². The molecule has 4 aromatic rings. The fourth-order valence-electron chi connectivity index (χ4n) is 5.32. The maximum absolute atomic E-state index is 14.6. The van der Waals surface area contributed by atoms with Gasteiger partial charge in [-0.25, -0.2) is 8.42 Å². The van der Waals surface area contributed by atoms with Crippen LogP contribution in [-0.2, 0) is 32.6 Å². The molecule has 0 aliphatic rings. The van der Waals surface area contributed by atoms with Gasteiger partial charge >= 0.3 is 0 Å². The number of aryl methyl sites for hydroxylation is 4. The second-order valence-electron chi connectivity index (χ2n) is 12.1. The van der Waals surface area contributed by atoms with Gasteiger partial charge in [-0.2, -0.15) is 0 Å². The van der Waals surface area contributed by atoms with E-state index in [4.69, 9.17) is 0 Å². The summed E-state index contributed by atoms with van der Waals surface area (Å²) in [6.07, 6.45) is 1.000. The highest BCUT2D eigenvalue weighted by molar-refractivity contribution is 7.92. The van der Waals surface area contributed by atoms with Gasteiger partial charge in [0.2, 0.25) is 11.8 Å². The summed E-state index contributed by atoms with van der Waals surface area (Å²) in [6.45, 7) is 11.2. The number of nitrogens with zero attached hydrogens (tertiary/aromatic N) is 2. The molecule has 0 aromatic heterocycles. The lowest BCUT2D eigenvalue weighted by atomic mass is 10.0. The molecule has 7 nitrogen and oxygen atoms in total. The molecule has 2 atom stereocenters. The van der Waals surface area contributed by atoms with Crippen LogP contribution in [0, 0.1) is 27.7 Å². The van der Waals surface area contributed by atoms with Crippen molar-refractivity contribution in [2.24, 2.45) is 0 Å². The summed E-state index contributed by atoms with van der Waals surface area (Å²) in [6, 6.07) is 28.5. The zero-order valence-corrected chi connectivity index (χ0v) is 28.5. The third kappa shape index (κ3) is 8.63. The first kappa shape index (κ1) is 34.4. The Morgan fingerprint density at radius 2 is 1.35 bits per heavy atom.